The van der Waals surface area contributed by atoms with Crippen LogP contribution < -0.4 is 4.74 Å². The average molecular weight is 348 g/mol. The topological polar surface area (TPSA) is 81.4 Å². The number of para-hydroxylation sites is 1. The zero-order valence-corrected chi connectivity index (χ0v) is 13.8. The van der Waals surface area contributed by atoms with Gasteiger partial charge in [0.1, 0.15) is 5.75 Å². The molecule has 0 spiro atoms. The van der Waals surface area contributed by atoms with Gasteiger partial charge in [0.2, 0.25) is 0 Å². The van der Waals surface area contributed by atoms with Crippen molar-refractivity contribution in [3.63, 3.8) is 0 Å². The molecule has 0 bridgehead atoms. The van der Waals surface area contributed by atoms with Crippen LogP contribution in [0.2, 0.25) is 0 Å². The van der Waals surface area contributed by atoms with Crippen LogP contribution in [0.25, 0.3) is 11.8 Å². The van der Waals surface area contributed by atoms with Crippen LogP contribution in [0.3, 0.4) is 0 Å². The molecule has 2 aromatic carbocycles. The Morgan fingerprint density at radius 3 is 2.50 bits per heavy atom. The molecule has 0 amide bonds. The Morgan fingerprint density at radius 1 is 1.08 bits per heavy atom. The minimum Gasteiger partial charge on any atom is -0.482 e. The number of carbonyl (C=O) groups excluding carboxylic acids is 1. The number of ether oxygens (including phenoxy) is 1. The lowest BCUT2D eigenvalue weighted by atomic mass is 10.1. The van der Waals surface area contributed by atoms with E-state index >= 15 is 0 Å². The largest absolute Gasteiger partial charge is 0.482 e. The number of ketones is 1. The number of aromatic nitrogens is 2. The number of carboxylic acid groups (broad SMARTS) is 1. The number of carbonyl (C=O) groups is 2. The lowest BCUT2D eigenvalue weighted by Gasteiger charge is -2.03. The maximum absolute atomic E-state index is 12.2. The Bertz CT molecular complexity index is 928. The summed E-state index contributed by atoms with van der Waals surface area (Å²) in [5.41, 5.74) is 2.23. The third-order valence-electron chi connectivity index (χ3n) is 3.55. The van der Waals surface area contributed by atoms with Gasteiger partial charge in [-0.2, -0.15) is 5.10 Å². The lowest BCUT2D eigenvalue weighted by Crippen LogP contribution is -2.09. The van der Waals surface area contributed by atoms with Gasteiger partial charge in [0.15, 0.2) is 12.4 Å². The highest BCUT2D eigenvalue weighted by atomic mass is 16.5. The summed E-state index contributed by atoms with van der Waals surface area (Å²) in [5, 5.41) is 12.8. The molecule has 0 atom stereocenters. The average Bonchev–Trinajstić information content (AvgIpc) is 3.14. The van der Waals surface area contributed by atoms with E-state index < -0.39 is 12.6 Å². The maximum atomic E-state index is 12.2. The van der Waals surface area contributed by atoms with Gasteiger partial charge in [0.25, 0.3) is 0 Å². The molecule has 0 radical (unpaired) electrons. The summed E-state index contributed by atoms with van der Waals surface area (Å²) in [7, 11) is 0. The fraction of sp³-hybridized carbons (Fsp3) is 0.0500. The van der Waals surface area contributed by atoms with E-state index in [1.807, 2.05) is 36.5 Å². The van der Waals surface area contributed by atoms with E-state index in [4.69, 9.17) is 9.84 Å². The molecule has 0 saturated heterocycles. The quantitative estimate of drug-likeness (QED) is 0.524. The number of nitrogens with zero attached hydrogens (tertiary/aromatic N) is 2. The molecule has 1 aromatic heterocycles. The number of aliphatic carboxylic acids is 1. The Hall–Kier alpha value is -3.67. The molecule has 1 heterocycles. The van der Waals surface area contributed by atoms with E-state index in [1.54, 1.807) is 41.2 Å². The fourth-order valence-electron chi connectivity index (χ4n) is 2.27. The Labute approximate surface area is 150 Å². The van der Waals surface area contributed by atoms with Crippen molar-refractivity contribution < 1.29 is 19.4 Å². The smallest absolute Gasteiger partial charge is 0.341 e. The summed E-state index contributed by atoms with van der Waals surface area (Å²) in [4.78, 5) is 22.7. The number of carboxylic acids is 1. The molecule has 3 aromatic rings. The van der Waals surface area contributed by atoms with E-state index in [0.29, 0.717) is 11.3 Å². The van der Waals surface area contributed by atoms with Gasteiger partial charge in [-0.3, -0.25) is 4.79 Å². The number of benzene rings is 2. The van der Waals surface area contributed by atoms with Gasteiger partial charge in [-0.05, 0) is 48.6 Å². The first kappa shape index (κ1) is 17.2. The molecule has 3 rings (SSSR count). The Morgan fingerprint density at radius 2 is 1.81 bits per heavy atom. The number of hydrogen-bond donors (Lipinski definition) is 1. The molecule has 0 aliphatic carbocycles. The van der Waals surface area contributed by atoms with Crippen LogP contribution in [0.5, 0.6) is 5.75 Å². The molecule has 26 heavy (non-hydrogen) atoms. The van der Waals surface area contributed by atoms with Gasteiger partial charge in [-0.25, -0.2) is 9.48 Å². The van der Waals surface area contributed by atoms with Gasteiger partial charge >= 0.3 is 5.97 Å². The highest BCUT2D eigenvalue weighted by Gasteiger charge is 2.04. The summed E-state index contributed by atoms with van der Waals surface area (Å²) < 4.78 is 6.77. The molecule has 0 unspecified atom stereocenters. The Kier molecular flexibility index (Phi) is 5.24. The molecule has 0 aliphatic heterocycles. The predicted molar refractivity (Wildman–Crippen MR) is 96.5 cm³/mol. The van der Waals surface area contributed by atoms with Crippen molar-refractivity contribution in [3.8, 4) is 11.4 Å². The summed E-state index contributed by atoms with van der Waals surface area (Å²) in [6, 6.07) is 16.0. The van der Waals surface area contributed by atoms with Crippen molar-refractivity contribution >= 4 is 17.8 Å². The van der Waals surface area contributed by atoms with Gasteiger partial charge in [-0.1, -0.05) is 18.2 Å². The molecule has 0 saturated carbocycles. The highest BCUT2D eigenvalue weighted by Crippen LogP contribution is 2.14. The molecule has 0 aliphatic rings. The van der Waals surface area contributed by atoms with Gasteiger partial charge < -0.3 is 9.84 Å². The summed E-state index contributed by atoms with van der Waals surface area (Å²) in [6.07, 6.45) is 6.69. The fourth-order valence-corrected chi connectivity index (χ4v) is 2.27. The second kappa shape index (κ2) is 7.94. The summed E-state index contributed by atoms with van der Waals surface area (Å²) in [5.74, 6) is -0.816. The summed E-state index contributed by atoms with van der Waals surface area (Å²) >= 11 is 0. The Balaban J connectivity index is 1.64. The number of hydrogen-bond acceptors (Lipinski definition) is 4. The van der Waals surface area contributed by atoms with Crippen LogP contribution in [-0.4, -0.2) is 33.2 Å². The standard InChI is InChI=1S/C20H16N2O4/c23-19(16-7-9-18(10-8-16)26-14-20(24)25)11-6-15-12-21-22(13-15)17-4-2-1-3-5-17/h1-13H,14H2,(H,24,25)/b11-6+. The lowest BCUT2D eigenvalue weighted by molar-refractivity contribution is -0.139. The van der Waals surface area contributed by atoms with E-state index in [2.05, 4.69) is 5.10 Å². The molecule has 1 N–H and O–H groups in total. The maximum Gasteiger partial charge on any atom is 0.341 e. The molecular formula is C20H16N2O4. The monoisotopic (exact) mass is 348 g/mol. The SMILES string of the molecule is O=C(O)COc1ccc(C(=O)/C=C/c2cnn(-c3ccccc3)c2)cc1. The molecule has 6 heteroatoms. The van der Waals surface area contributed by atoms with Crippen LogP contribution in [0.15, 0.2) is 73.1 Å². The third-order valence-corrected chi connectivity index (χ3v) is 3.55. The predicted octanol–water partition coefficient (Wildman–Crippen LogP) is 3.23. The molecular weight excluding hydrogens is 332 g/mol. The van der Waals surface area contributed by atoms with Crippen LogP contribution >= 0.6 is 0 Å². The van der Waals surface area contributed by atoms with Crippen LogP contribution in [0.1, 0.15) is 15.9 Å². The normalized spacial score (nSPS) is 10.8. The van der Waals surface area contributed by atoms with Crippen molar-refractivity contribution in [2.75, 3.05) is 6.61 Å². The van der Waals surface area contributed by atoms with E-state index in [0.717, 1.165) is 11.3 Å². The van der Waals surface area contributed by atoms with Gasteiger partial charge in [-0.15, -0.1) is 0 Å². The molecule has 130 valence electrons. The van der Waals surface area contributed by atoms with Crippen molar-refractivity contribution in [1.29, 1.82) is 0 Å². The number of allylic oxidation sites excluding steroid dienone is 1. The first-order valence-corrected chi connectivity index (χ1v) is 7.89. The van der Waals surface area contributed by atoms with Crippen molar-refractivity contribution in [1.82, 2.24) is 9.78 Å². The van der Waals surface area contributed by atoms with E-state index in [-0.39, 0.29) is 5.78 Å². The first-order valence-electron chi connectivity index (χ1n) is 7.89. The van der Waals surface area contributed by atoms with Crippen LogP contribution in [0, 0.1) is 0 Å². The third kappa shape index (κ3) is 4.45. The zero-order valence-electron chi connectivity index (χ0n) is 13.8. The van der Waals surface area contributed by atoms with Crippen molar-refractivity contribution in [2.45, 2.75) is 0 Å². The van der Waals surface area contributed by atoms with E-state index in [1.165, 1.54) is 6.08 Å². The van der Waals surface area contributed by atoms with Crippen molar-refractivity contribution in [2.24, 2.45) is 0 Å². The van der Waals surface area contributed by atoms with Gasteiger partial charge in [0.05, 0.1) is 11.9 Å². The number of rotatable bonds is 7. The second-order valence-corrected chi connectivity index (χ2v) is 5.46. The van der Waals surface area contributed by atoms with Crippen molar-refractivity contribution in [3.05, 3.63) is 84.2 Å². The highest BCUT2D eigenvalue weighted by molar-refractivity contribution is 6.06. The minimum absolute atomic E-state index is 0.165. The van der Waals surface area contributed by atoms with Crippen LogP contribution in [0.4, 0.5) is 0 Å². The van der Waals surface area contributed by atoms with Crippen LogP contribution in [-0.2, 0) is 4.79 Å². The van der Waals surface area contributed by atoms with Gasteiger partial charge in [0, 0.05) is 17.3 Å². The molecule has 0 fully saturated rings. The minimum atomic E-state index is -1.05. The first-order chi connectivity index (χ1) is 12.6. The zero-order chi connectivity index (χ0) is 18.4. The second-order valence-electron chi connectivity index (χ2n) is 5.46. The summed E-state index contributed by atoms with van der Waals surface area (Å²) in [6.45, 7) is -0.418. The van der Waals surface area contributed by atoms with E-state index in [9.17, 15) is 9.59 Å². The molecule has 6 nitrogen and oxygen atoms in total.